The van der Waals surface area contributed by atoms with Crippen LogP contribution in [0.2, 0.25) is 0 Å². The summed E-state index contributed by atoms with van der Waals surface area (Å²) in [5, 5.41) is 13.0. The molecule has 1 saturated heterocycles. The van der Waals surface area contributed by atoms with E-state index in [9.17, 15) is 9.90 Å². The third-order valence-electron chi connectivity index (χ3n) is 11.1. The number of carbonyl (C=O) groups is 1. The van der Waals surface area contributed by atoms with Gasteiger partial charge in [-0.25, -0.2) is 4.79 Å². The van der Waals surface area contributed by atoms with E-state index in [2.05, 4.69) is 41.8 Å². The summed E-state index contributed by atoms with van der Waals surface area (Å²) < 4.78 is 34.5. The minimum atomic E-state index is -1.05. The fourth-order valence-corrected chi connectivity index (χ4v) is 8.84. The molecule has 1 N–H and O–H groups in total. The van der Waals surface area contributed by atoms with Crippen LogP contribution in [0, 0.1) is 0 Å². The van der Waals surface area contributed by atoms with Crippen LogP contribution in [0.3, 0.4) is 0 Å². The molecule has 1 unspecified atom stereocenters. The number of hydrogen-bond acceptors (Lipinski definition) is 7. The Morgan fingerprint density at radius 1 is 0.557 bits per heavy atom. The maximum Gasteiger partial charge on any atom is 0.336 e. The number of hydrogen-bond donors (Lipinski definition) is 1. The molecule has 0 spiro atoms. The molecule has 0 amide bonds. The zero-order valence-corrected chi connectivity index (χ0v) is 34.7. The van der Waals surface area contributed by atoms with E-state index in [1.54, 1.807) is 17.4 Å². The Kier molecular flexibility index (Phi) is 14.6. The van der Waals surface area contributed by atoms with Gasteiger partial charge in [-0.15, -0.1) is 11.3 Å². The topological polar surface area (TPSA) is 83.5 Å². The van der Waals surface area contributed by atoms with Crippen molar-refractivity contribution >= 4 is 17.3 Å². The van der Waals surface area contributed by atoms with Gasteiger partial charge in [0.1, 0.15) is 30.5 Å². The van der Waals surface area contributed by atoms with Crippen LogP contribution < -0.4 is 0 Å². The highest BCUT2D eigenvalue weighted by Gasteiger charge is 2.50. The van der Waals surface area contributed by atoms with Crippen molar-refractivity contribution in [2.24, 2.45) is 0 Å². The van der Waals surface area contributed by atoms with Crippen molar-refractivity contribution in [3.63, 3.8) is 0 Å². The van der Waals surface area contributed by atoms with E-state index in [1.165, 1.54) is 10.4 Å². The molecule has 61 heavy (non-hydrogen) atoms. The predicted molar refractivity (Wildman–Crippen MR) is 238 cm³/mol. The zero-order valence-electron chi connectivity index (χ0n) is 33.9. The number of aromatic carboxylic acids is 1. The Balaban J connectivity index is 1.23. The first-order valence-electron chi connectivity index (χ1n) is 20.8. The fourth-order valence-electron chi connectivity index (χ4n) is 7.99. The molecule has 6 atom stereocenters. The molecule has 0 radical (unpaired) electrons. The zero-order chi connectivity index (χ0) is 41.6. The first-order chi connectivity index (χ1) is 30.1. The number of thiophene rings is 1. The van der Waals surface area contributed by atoms with Gasteiger partial charge in [-0.2, -0.15) is 0 Å². The number of rotatable bonds is 19. The SMILES string of the molecule is O=C(O)c1ccc(C(Cc2ccccc2)c2cccs2)cc1[C@@H]1O[C@H](COCc2ccccc2)[C@@H](OCc2ccccc2)[C@H](OCc2ccccc2)[C@H]1OCc1ccccc1. The lowest BCUT2D eigenvalue weighted by molar-refractivity contribution is -0.275. The molecule has 0 saturated carbocycles. The second kappa shape index (κ2) is 21.2. The van der Waals surface area contributed by atoms with Crippen molar-refractivity contribution in [3.8, 4) is 0 Å². The molecule has 2 heterocycles. The second-order valence-electron chi connectivity index (χ2n) is 15.3. The minimum Gasteiger partial charge on any atom is -0.478 e. The monoisotopic (exact) mass is 830 g/mol. The molecule has 8 heteroatoms. The normalized spacial score (nSPS) is 19.3. The van der Waals surface area contributed by atoms with E-state index >= 15 is 0 Å². The molecule has 1 aliphatic heterocycles. The third-order valence-corrected chi connectivity index (χ3v) is 12.1. The van der Waals surface area contributed by atoms with Crippen LogP contribution in [0.1, 0.15) is 66.2 Å². The molecular formula is C53H50O7S. The fraction of sp³-hybridized carbons (Fsp3) is 0.226. The highest BCUT2D eigenvalue weighted by Crippen LogP contribution is 2.42. The van der Waals surface area contributed by atoms with E-state index in [1.807, 2.05) is 140 Å². The summed E-state index contributed by atoms with van der Waals surface area (Å²) in [5.41, 5.74) is 6.79. The molecule has 6 aromatic carbocycles. The van der Waals surface area contributed by atoms with Crippen LogP contribution in [0.5, 0.6) is 0 Å². The van der Waals surface area contributed by atoms with Crippen molar-refractivity contribution < 1.29 is 33.6 Å². The summed E-state index contributed by atoms with van der Waals surface area (Å²) in [6, 6.07) is 60.3. The van der Waals surface area contributed by atoms with E-state index in [4.69, 9.17) is 23.7 Å². The Hall–Kier alpha value is -5.71. The van der Waals surface area contributed by atoms with Gasteiger partial charge in [0, 0.05) is 10.8 Å². The lowest BCUT2D eigenvalue weighted by Crippen LogP contribution is -2.58. The Morgan fingerprint density at radius 2 is 1.05 bits per heavy atom. The average molecular weight is 831 g/mol. The van der Waals surface area contributed by atoms with Crippen molar-refractivity contribution in [1.82, 2.24) is 0 Å². The molecular weight excluding hydrogens is 781 g/mol. The lowest BCUT2D eigenvalue weighted by Gasteiger charge is -2.46. The summed E-state index contributed by atoms with van der Waals surface area (Å²) in [6.07, 6.45) is -2.97. The van der Waals surface area contributed by atoms with Gasteiger partial charge < -0.3 is 28.8 Å². The summed E-state index contributed by atoms with van der Waals surface area (Å²) in [5.74, 6) is -1.09. The quantitative estimate of drug-likeness (QED) is 0.0869. The van der Waals surface area contributed by atoms with Gasteiger partial charge in [0.2, 0.25) is 0 Å². The van der Waals surface area contributed by atoms with Gasteiger partial charge in [-0.05, 0) is 62.9 Å². The number of benzene rings is 6. The number of carboxylic acid groups (broad SMARTS) is 1. The highest BCUT2D eigenvalue weighted by atomic mass is 32.1. The first-order valence-corrected chi connectivity index (χ1v) is 21.6. The van der Waals surface area contributed by atoms with E-state index in [0.29, 0.717) is 18.8 Å². The number of carboxylic acids is 1. The lowest BCUT2D eigenvalue weighted by atomic mass is 9.84. The van der Waals surface area contributed by atoms with Gasteiger partial charge in [-0.1, -0.05) is 170 Å². The van der Waals surface area contributed by atoms with Crippen LogP contribution >= 0.6 is 11.3 Å². The summed E-state index contributed by atoms with van der Waals surface area (Å²) in [7, 11) is 0. The van der Waals surface area contributed by atoms with Gasteiger partial charge in [-0.3, -0.25) is 0 Å². The molecule has 7 nitrogen and oxygen atoms in total. The standard InChI is InChI=1S/C53H50O7S/c54-53(55)44-29-28-43(45(48-27-16-30-61-48)31-38-17-6-1-7-18-38)32-46(44)49-51(58-35-41-23-12-4-13-24-41)52(59-36-42-25-14-5-15-26-42)50(57-34-40-21-10-3-11-22-40)47(60-49)37-56-33-39-19-8-2-9-20-39/h1-30,32,45,47,49-52H,31,33-37H2,(H,54,55)/t45?,47-,49+,50-,51+,52+/m1/s1. The van der Waals surface area contributed by atoms with Crippen LogP contribution in [-0.4, -0.2) is 42.1 Å². The van der Waals surface area contributed by atoms with Crippen molar-refractivity contribution in [3.05, 3.63) is 237 Å². The smallest absolute Gasteiger partial charge is 0.336 e. The minimum absolute atomic E-state index is 0.0339. The average Bonchev–Trinajstić information content (AvgIpc) is 3.85. The second-order valence-corrected chi connectivity index (χ2v) is 16.3. The van der Waals surface area contributed by atoms with Gasteiger partial charge in [0.05, 0.1) is 38.6 Å². The van der Waals surface area contributed by atoms with Gasteiger partial charge >= 0.3 is 5.97 Å². The maximum absolute atomic E-state index is 13.3. The van der Waals surface area contributed by atoms with Crippen LogP contribution in [0.15, 0.2) is 187 Å². The Bertz CT molecular complexity index is 2360. The molecule has 0 aliphatic carbocycles. The maximum atomic E-state index is 13.3. The van der Waals surface area contributed by atoms with Gasteiger partial charge in [0.15, 0.2) is 0 Å². The Labute approximate surface area is 362 Å². The number of ether oxygens (including phenoxy) is 5. The molecule has 1 fully saturated rings. The summed E-state index contributed by atoms with van der Waals surface area (Å²) in [4.78, 5) is 14.5. The largest absolute Gasteiger partial charge is 0.478 e. The molecule has 310 valence electrons. The van der Waals surface area contributed by atoms with E-state index in [0.717, 1.165) is 34.2 Å². The van der Waals surface area contributed by atoms with Crippen LogP contribution in [0.25, 0.3) is 0 Å². The molecule has 1 aliphatic rings. The summed E-state index contributed by atoms with van der Waals surface area (Å²) in [6.45, 7) is 1.33. The molecule has 0 bridgehead atoms. The van der Waals surface area contributed by atoms with E-state index < -0.39 is 36.5 Å². The molecule has 8 rings (SSSR count). The molecule has 1 aromatic heterocycles. The van der Waals surface area contributed by atoms with Crippen molar-refractivity contribution in [2.45, 2.75) is 69.3 Å². The first kappa shape index (κ1) is 42.0. The Morgan fingerprint density at radius 3 is 1.56 bits per heavy atom. The van der Waals surface area contributed by atoms with Crippen LogP contribution in [0.4, 0.5) is 0 Å². The van der Waals surface area contributed by atoms with Gasteiger partial charge in [0.25, 0.3) is 0 Å². The molecule has 7 aromatic rings. The van der Waals surface area contributed by atoms with Crippen LogP contribution in [-0.2, 0) is 56.5 Å². The predicted octanol–water partition coefficient (Wildman–Crippen LogP) is 11.2. The van der Waals surface area contributed by atoms with E-state index in [-0.39, 0.29) is 31.3 Å². The van der Waals surface area contributed by atoms with Crippen molar-refractivity contribution in [1.29, 1.82) is 0 Å². The third kappa shape index (κ3) is 11.2. The summed E-state index contributed by atoms with van der Waals surface area (Å²) >= 11 is 1.69. The van der Waals surface area contributed by atoms with Crippen molar-refractivity contribution in [2.75, 3.05) is 6.61 Å². The highest BCUT2D eigenvalue weighted by molar-refractivity contribution is 7.10.